The SMILES string of the molecule is CC(C)C(NC(=O)c1cccs1)C(=O)Nc1ccc(N2CCCS2(=O)=O)cc1. The molecule has 0 radical (unpaired) electrons. The molecule has 3 rings (SSSR count). The molecule has 28 heavy (non-hydrogen) atoms. The average molecular weight is 422 g/mol. The number of thiophene rings is 1. The van der Waals surface area contributed by atoms with Crippen LogP contribution in [0.5, 0.6) is 0 Å². The fourth-order valence-electron chi connectivity index (χ4n) is 3.02. The van der Waals surface area contributed by atoms with Crippen molar-refractivity contribution in [1.82, 2.24) is 5.32 Å². The molecular weight excluding hydrogens is 398 g/mol. The van der Waals surface area contributed by atoms with Gasteiger partial charge in [-0.15, -0.1) is 11.3 Å². The summed E-state index contributed by atoms with van der Waals surface area (Å²) in [6.07, 6.45) is 0.612. The van der Waals surface area contributed by atoms with Gasteiger partial charge in [0.15, 0.2) is 0 Å². The molecule has 1 aromatic carbocycles. The van der Waals surface area contributed by atoms with Crippen LogP contribution in [0.15, 0.2) is 41.8 Å². The van der Waals surface area contributed by atoms with E-state index in [0.29, 0.717) is 29.2 Å². The summed E-state index contributed by atoms with van der Waals surface area (Å²) in [6, 6.07) is 9.49. The van der Waals surface area contributed by atoms with Crippen molar-refractivity contribution in [3.8, 4) is 0 Å². The largest absolute Gasteiger partial charge is 0.339 e. The lowest BCUT2D eigenvalue weighted by Crippen LogP contribution is -2.46. The summed E-state index contributed by atoms with van der Waals surface area (Å²) in [4.78, 5) is 25.5. The zero-order chi connectivity index (χ0) is 20.3. The minimum absolute atomic E-state index is 0.0991. The van der Waals surface area contributed by atoms with Gasteiger partial charge in [-0.3, -0.25) is 13.9 Å². The van der Waals surface area contributed by atoms with Crippen LogP contribution in [0.25, 0.3) is 0 Å². The summed E-state index contributed by atoms with van der Waals surface area (Å²) in [7, 11) is -3.24. The van der Waals surface area contributed by atoms with E-state index in [-0.39, 0.29) is 23.5 Å². The van der Waals surface area contributed by atoms with Gasteiger partial charge in [-0.1, -0.05) is 19.9 Å². The number of benzene rings is 1. The number of hydrogen-bond donors (Lipinski definition) is 2. The summed E-state index contributed by atoms with van der Waals surface area (Å²) in [5.41, 5.74) is 1.13. The van der Waals surface area contributed by atoms with E-state index in [1.165, 1.54) is 15.6 Å². The molecule has 1 saturated heterocycles. The number of amides is 2. The Kier molecular flexibility index (Phi) is 6.04. The maximum Gasteiger partial charge on any atom is 0.262 e. The normalized spacial score (nSPS) is 16.8. The van der Waals surface area contributed by atoms with Crippen molar-refractivity contribution in [1.29, 1.82) is 0 Å². The second-order valence-corrected chi connectivity index (χ2v) is 9.91. The van der Waals surface area contributed by atoms with Gasteiger partial charge in [0.05, 0.1) is 16.3 Å². The fraction of sp³-hybridized carbons (Fsp3) is 0.368. The predicted molar refractivity (Wildman–Crippen MR) is 111 cm³/mol. The van der Waals surface area contributed by atoms with Crippen LogP contribution in [0, 0.1) is 5.92 Å². The van der Waals surface area contributed by atoms with Gasteiger partial charge in [-0.05, 0) is 48.1 Å². The van der Waals surface area contributed by atoms with Crippen LogP contribution in [0.3, 0.4) is 0 Å². The van der Waals surface area contributed by atoms with Gasteiger partial charge in [0.25, 0.3) is 5.91 Å². The summed E-state index contributed by atoms with van der Waals surface area (Å²) in [5, 5.41) is 7.38. The Hall–Kier alpha value is -2.39. The summed E-state index contributed by atoms with van der Waals surface area (Å²) in [6.45, 7) is 4.19. The Morgan fingerprint density at radius 3 is 2.39 bits per heavy atom. The number of hydrogen-bond acceptors (Lipinski definition) is 5. The van der Waals surface area contributed by atoms with Gasteiger partial charge in [0, 0.05) is 12.2 Å². The Labute approximate surface area is 168 Å². The smallest absolute Gasteiger partial charge is 0.262 e. The second-order valence-electron chi connectivity index (χ2n) is 6.95. The van der Waals surface area contributed by atoms with E-state index in [2.05, 4.69) is 10.6 Å². The van der Waals surface area contributed by atoms with Crippen molar-refractivity contribution in [2.75, 3.05) is 21.9 Å². The minimum atomic E-state index is -3.24. The molecule has 2 heterocycles. The van der Waals surface area contributed by atoms with E-state index < -0.39 is 16.1 Å². The first-order valence-electron chi connectivity index (χ1n) is 9.03. The molecule has 1 fully saturated rings. The summed E-state index contributed by atoms with van der Waals surface area (Å²) >= 11 is 1.32. The molecular formula is C19H23N3O4S2. The molecule has 1 aliphatic rings. The molecule has 150 valence electrons. The predicted octanol–water partition coefficient (Wildman–Crippen LogP) is 2.68. The van der Waals surface area contributed by atoms with E-state index in [1.54, 1.807) is 36.4 Å². The standard InChI is InChI=1S/C19H23N3O4S2/c1-13(2)17(21-18(23)16-5-3-11-27-16)19(24)20-14-6-8-15(9-7-14)22-10-4-12-28(22,25)26/h3,5-9,11,13,17H,4,10,12H2,1-2H3,(H,20,24)(H,21,23). The fourth-order valence-corrected chi connectivity index (χ4v) is 5.21. The van der Waals surface area contributed by atoms with Gasteiger partial charge in [0.1, 0.15) is 6.04 Å². The highest BCUT2D eigenvalue weighted by Crippen LogP contribution is 2.25. The highest BCUT2D eigenvalue weighted by atomic mass is 32.2. The van der Waals surface area contributed by atoms with Crippen LogP contribution in [0.2, 0.25) is 0 Å². The molecule has 0 bridgehead atoms. The van der Waals surface area contributed by atoms with Crippen LogP contribution >= 0.6 is 11.3 Å². The van der Waals surface area contributed by atoms with Crippen molar-refractivity contribution in [2.45, 2.75) is 26.3 Å². The third-order valence-corrected chi connectivity index (χ3v) is 7.24. The molecule has 1 aliphatic heterocycles. The molecule has 2 amide bonds. The van der Waals surface area contributed by atoms with E-state index in [1.807, 2.05) is 19.2 Å². The molecule has 7 nitrogen and oxygen atoms in total. The molecule has 0 spiro atoms. The van der Waals surface area contributed by atoms with Crippen molar-refractivity contribution >= 4 is 44.5 Å². The third-order valence-electron chi connectivity index (χ3n) is 4.50. The molecule has 2 N–H and O–H groups in total. The number of rotatable bonds is 6. The van der Waals surface area contributed by atoms with Gasteiger partial charge >= 0.3 is 0 Å². The van der Waals surface area contributed by atoms with Crippen LogP contribution in [-0.2, 0) is 14.8 Å². The second kappa shape index (κ2) is 8.32. The number of carbonyl (C=O) groups excluding carboxylic acids is 2. The van der Waals surface area contributed by atoms with Gasteiger partial charge in [0.2, 0.25) is 15.9 Å². The first-order chi connectivity index (χ1) is 13.3. The van der Waals surface area contributed by atoms with Crippen molar-refractivity contribution in [3.63, 3.8) is 0 Å². The average Bonchev–Trinajstić information content (AvgIpc) is 3.29. The Balaban J connectivity index is 1.67. The maximum absolute atomic E-state index is 12.7. The Morgan fingerprint density at radius 1 is 1.14 bits per heavy atom. The lowest BCUT2D eigenvalue weighted by Gasteiger charge is -2.22. The molecule has 2 aromatic rings. The lowest BCUT2D eigenvalue weighted by atomic mass is 10.0. The van der Waals surface area contributed by atoms with Gasteiger partial charge in [-0.2, -0.15) is 0 Å². The molecule has 9 heteroatoms. The zero-order valence-corrected chi connectivity index (χ0v) is 17.3. The summed E-state index contributed by atoms with van der Waals surface area (Å²) in [5.74, 6) is -0.538. The molecule has 0 aliphatic carbocycles. The van der Waals surface area contributed by atoms with E-state index in [9.17, 15) is 18.0 Å². The highest BCUT2D eigenvalue weighted by molar-refractivity contribution is 7.93. The molecule has 1 unspecified atom stereocenters. The van der Waals surface area contributed by atoms with E-state index in [4.69, 9.17) is 0 Å². The van der Waals surface area contributed by atoms with Crippen LogP contribution in [-0.4, -0.2) is 38.6 Å². The minimum Gasteiger partial charge on any atom is -0.339 e. The number of sulfonamides is 1. The number of nitrogens with one attached hydrogen (secondary N) is 2. The highest BCUT2D eigenvalue weighted by Gasteiger charge is 2.28. The first kappa shape index (κ1) is 20.3. The van der Waals surface area contributed by atoms with Crippen LogP contribution < -0.4 is 14.9 Å². The lowest BCUT2D eigenvalue weighted by molar-refractivity contribution is -0.118. The number of carbonyl (C=O) groups is 2. The Bertz CT molecular complexity index is 938. The van der Waals surface area contributed by atoms with Gasteiger partial charge in [-0.25, -0.2) is 8.42 Å². The van der Waals surface area contributed by atoms with Gasteiger partial charge < -0.3 is 10.6 Å². The number of anilines is 2. The van der Waals surface area contributed by atoms with E-state index in [0.717, 1.165) is 0 Å². The molecule has 1 aromatic heterocycles. The molecule has 1 atom stereocenters. The van der Waals surface area contributed by atoms with Crippen molar-refractivity contribution < 1.29 is 18.0 Å². The topological polar surface area (TPSA) is 95.6 Å². The quantitative estimate of drug-likeness (QED) is 0.750. The number of nitrogens with zero attached hydrogens (tertiary/aromatic N) is 1. The van der Waals surface area contributed by atoms with Crippen LogP contribution in [0.1, 0.15) is 29.9 Å². The molecule has 0 saturated carbocycles. The summed E-state index contributed by atoms with van der Waals surface area (Å²) < 4.78 is 25.4. The Morgan fingerprint density at radius 2 is 1.86 bits per heavy atom. The van der Waals surface area contributed by atoms with E-state index >= 15 is 0 Å². The first-order valence-corrected chi connectivity index (χ1v) is 11.5. The van der Waals surface area contributed by atoms with Crippen molar-refractivity contribution in [2.24, 2.45) is 5.92 Å². The monoisotopic (exact) mass is 421 g/mol. The van der Waals surface area contributed by atoms with Crippen molar-refractivity contribution in [3.05, 3.63) is 46.7 Å². The third kappa shape index (κ3) is 4.53. The van der Waals surface area contributed by atoms with Crippen LogP contribution in [0.4, 0.5) is 11.4 Å². The maximum atomic E-state index is 12.7. The zero-order valence-electron chi connectivity index (χ0n) is 15.7.